The Morgan fingerprint density at radius 3 is 2.42 bits per heavy atom. The highest BCUT2D eigenvalue weighted by Crippen LogP contribution is 2.19. The van der Waals surface area contributed by atoms with Gasteiger partial charge in [-0.05, 0) is 47.4 Å². The highest BCUT2D eigenvalue weighted by molar-refractivity contribution is 5.92. The average molecular weight is 347 g/mol. The smallest absolute Gasteiger partial charge is 0.270 e. The van der Waals surface area contributed by atoms with Crippen molar-refractivity contribution in [3.05, 3.63) is 77.9 Å². The van der Waals surface area contributed by atoms with E-state index in [0.717, 1.165) is 11.3 Å². The summed E-state index contributed by atoms with van der Waals surface area (Å²) in [5.41, 5.74) is 3.44. The van der Waals surface area contributed by atoms with E-state index in [2.05, 4.69) is 51.6 Å². The zero-order valence-electron chi connectivity index (χ0n) is 14.8. The molecular formula is C20H21N5O. The molecule has 6 nitrogen and oxygen atoms in total. The van der Waals surface area contributed by atoms with Crippen molar-refractivity contribution in [1.82, 2.24) is 20.3 Å². The van der Waals surface area contributed by atoms with Crippen LogP contribution in [0.3, 0.4) is 0 Å². The van der Waals surface area contributed by atoms with E-state index in [9.17, 15) is 4.79 Å². The summed E-state index contributed by atoms with van der Waals surface area (Å²) in [4.78, 5) is 24.7. The molecule has 0 bridgehead atoms. The molecule has 0 unspecified atom stereocenters. The molecule has 0 spiro atoms. The molecule has 26 heavy (non-hydrogen) atoms. The summed E-state index contributed by atoms with van der Waals surface area (Å²) < 4.78 is 0. The minimum absolute atomic E-state index is 0.248. The molecule has 0 fully saturated rings. The molecule has 0 radical (unpaired) electrons. The number of rotatable bonds is 6. The third kappa shape index (κ3) is 4.63. The third-order valence-corrected chi connectivity index (χ3v) is 3.92. The van der Waals surface area contributed by atoms with Crippen LogP contribution in [0.5, 0.6) is 0 Å². The lowest BCUT2D eigenvalue weighted by Gasteiger charge is -2.09. The predicted octanol–water partition coefficient (Wildman–Crippen LogP) is 3.67. The Hall–Kier alpha value is -3.28. The molecule has 0 aliphatic carbocycles. The molecule has 2 aromatic heterocycles. The molecule has 1 aromatic carbocycles. The Morgan fingerprint density at radius 2 is 1.73 bits per heavy atom. The number of anilines is 2. The first-order valence-corrected chi connectivity index (χ1v) is 8.49. The first kappa shape index (κ1) is 17.5. The number of nitrogens with zero attached hydrogens (tertiary/aromatic N) is 3. The fraction of sp³-hybridized carbons (Fsp3) is 0.200. The van der Waals surface area contributed by atoms with Crippen molar-refractivity contribution in [2.45, 2.75) is 26.3 Å². The summed E-state index contributed by atoms with van der Waals surface area (Å²) in [6.45, 7) is 4.73. The van der Waals surface area contributed by atoms with Crippen molar-refractivity contribution in [1.29, 1.82) is 0 Å². The number of aromatic nitrogens is 3. The second-order valence-corrected chi connectivity index (χ2v) is 6.21. The lowest BCUT2D eigenvalue weighted by molar-refractivity contribution is 0.0946. The summed E-state index contributed by atoms with van der Waals surface area (Å²) in [5, 5.41) is 5.97. The van der Waals surface area contributed by atoms with Crippen molar-refractivity contribution < 1.29 is 4.79 Å². The van der Waals surface area contributed by atoms with E-state index in [0.29, 0.717) is 24.1 Å². The Kier molecular flexibility index (Phi) is 5.53. The molecule has 132 valence electrons. The normalized spacial score (nSPS) is 10.6. The largest absolute Gasteiger partial charge is 0.347 e. The lowest BCUT2D eigenvalue weighted by atomic mass is 10.0. The van der Waals surface area contributed by atoms with Crippen LogP contribution in [-0.4, -0.2) is 20.9 Å². The Bertz CT molecular complexity index is 863. The molecule has 6 heteroatoms. The Labute approximate surface area is 152 Å². The van der Waals surface area contributed by atoms with Crippen LogP contribution >= 0.6 is 0 Å². The van der Waals surface area contributed by atoms with E-state index in [1.54, 1.807) is 24.7 Å². The van der Waals surface area contributed by atoms with Crippen LogP contribution in [0.15, 0.2) is 61.1 Å². The molecule has 0 atom stereocenters. The molecule has 2 heterocycles. The van der Waals surface area contributed by atoms with Crippen LogP contribution in [0.4, 0.5) is 11.6 Å². The van der Waals surface area contributed by atoms with Gasteiger partial charge in [-0.3, -0.25) is 9.78 Å². The fourth-order valence-electron chi connectivity index (χ4n) is 2.40. The quantitative estimate of drug-likeness (QED) is 0.711. The first-order valence-electron chi connectivity index (χ1n) is 8.49. The fourth-order valence-corrected chi connectivity index (χ4v) is 2.40. The minimum atomic E-state index is -0.248. The molecule has 0 saturated heterocycles. The van der Waals surface area contributed by atoms with Crippen LogP contribution in [0, 0.1) is 0 Å². The zero-order chi connectivity index (χ0) is 18.4. The second-order valence-electron chi connectivity index (χ2n) is 6.21. The molecule has 0 saturated carbocycles. The summed E-state index contributed by atoms with van der Waals surface area (Å²) in [6, 6.07) is 13.4. The van der Waals surface area contributed by atoms with Gasteiger partial charge < -0.3 is 10.6 Å². The highest BCUT2D eigenvalue weighted by Gasteiger charge is 2.09. The zero-order valence-corrected chi connectivity index (χ0v) is 14.8. The van der Waals surface area contributed by atoms with Crippen LogP contribution in [-0.2, 0) is 6.54 Å². The van der Waals surface area contributed by atoms with Gasteiger partial charge in [-0.15, -0.1) is 0 Å². The third-order valence-electron chi connectivity index (χ3n) is 3.92. The highest BCUT2D eigenvalue weighted by atomic mass is 16.1. The van der Waals surface area contributed by atoms with Gasteiger partial charge >= 0.3 is 0 Å². The van der Waals surface area contributed by atoms with E-state index in [1.807, 2.05) is 24.3 Å². The molecular weight excluding hydrogens is 326 g/mol. The number of amides is 1. The van der Waals surface area contributed by atoms with Crippen molar-refractivity contribution in [3.63, 3.8) is 0 Å². The van der Waals surface area contributed by atoms with E-state index in [4.69, 9.17) is 0 Å². The van der Waals surface area contributed by atoms with Gasteiger partial charge in [-0.1, -0.05) is 26.0 Å². The summed E-state index contributed by atoms with van der Waals surface area (Å²) in [6.07, 6.45) is 4.96. The molecule has 0 aliphatic heterocycles. The monoisotopic (exact) mass is 347 g/mol. The number of hydrogen-bond donors (Lipinski definition) is 2. The molecule has 0 aliphatic rings. The molecule has 2 N–H and O–H groups in total. The van der Waals surface area contributed by atoms with Gasteiger partial charge in [0.1, 0.15) is 5.69 Å². The van der Waals surface area contributed by atoms with E-state index in [1.165, 1.54) is 5.56 Å². The lowest BCUT2D eigenvalue weighted by Crippen LogP contribution is -2.24. The second kappa shape index (κ2) is 8.20. The van der Waals surface area contributed by atoms with E-state index in [-0.39, 0.29) is 5.91 Å². The number of nitrogens with one attached hydrogen (secondary N) is 2. The molecule has 3 rings (SSSR count). The number of hydrogen-bond acceptors (Lipinski definition) is 5. The summed E-state index contributed by atoms with van der Waals surface area (Å²) >= 11 is 0. The SMILES string of the molecule is CC(C)c1ccc(Nc2nccc(C(=O)NCc3ccncc3)n2)cc1. The number of benzene rings is 1. The summed E-state index contributed by atoms with van der Waals surface area (Å²) in [7, 11) is 0. The van der Waals surface area contributed by atoms with Gasteiger partial charge in [0.25, 0.3) is 5.91 Å². The average Bonchev–Trinajstić information content (AvgIpc) is 2.67. The van der Waals surface area contributed by atoms with Crippen molar-refractivity contribution in [3.8, 4) is 0 Å². The van der Waals surface area contributed by atoms with Gasteiger partial charge in [-0.25, -0.2) is 9.97 Å². The van der Waals surface area contributed by atoms with Crippen LogP contribution < -0.4 is 10.6 Å². The maximum absolute atomic E-state index is 12.3. The van der Waals surface area contributed by atoms with Gasteiger partial charge in [-0.2, -0.15) is 0 Å². The van der Waals surface area contributed by atoms with E-state index >= 15 is 0 Å². The van der Waals surface area contributed by atoms with E-state index < -0.39 is 0 Å². The molecule has 3 aromatic rings. The minimum Gasteiger partial charge on any atom is -0.347 e. The van der Waals surface area contributed by atoms with Gasteiger partial charge in [0.05, 0.1) is 0 Å². The van der Waals surface area contributed by atoms with Crippen molar-refractivity contribution >= 4 is 17.5 Å². The molecule has 1 amide bonds. The maximum Gasteiger partial charge on any atom is 0.270 e. The first-order chi connectivity index (χ1) is 12.6. The predicted molar refractivity (Wildman–Crippen MR) is 101 cm³/mol. The van der Waals surface area contributed by atoms with Crippen LogP contribution in [0.1, 0.15) is 41.4 Å². The maximum atomic E-state index is 12.3. The van der Waals surface area contributed by atoms with Crippen molar-refractivity contribution in [2.75, 3.05) is 5.32 Å². The van der Waals surface area contributed by atoms with Crippen molar-refractivity contribution in [2.24, 2.45) is 0 Å². The van der Waals surface area contributed by atoms with Gasteiger partial charge in [0, 0.05) is 30.8 Å². The number of carbonyl (C=O) groups excluding carboxylic acids is 1. The topological polar surface area (TPSA) is 79.8 Å². The van der Waals surface area contributed by atoms with Crippen LogP contribution in [0.25, 0.3) is 0 Å². The Balaban J connectivity index is 1.64. The Morgan fingerprint density at radius 1 is 1.00 bits per heavy atom. The number of pyridine rings is 1. The number of carbonyl (C=O) groups is 1. The summed E-state index contributed by atoms with van der Waals surface area (Å²) in [5.74, 6) is 0.619. The standard InChI is InChI=1S/C20H21N5O/c1-14(2)16-3-5-17(6-4-16)24-20-22-12-9-18(25-20)19(26)23-13-15-7-10-21-11-8-15/h3-12,14H,13H2,1-2H3,(H,23,26)(H,22,24,25). The van der Waals surface area contributed by atoms with Crippen LogP contribution in [0.2, 0.25) is 0 Å². The van der Waals surface area contributed by atoms with Gasteiger partial charge in [0.15, 0.2) is 0 Å². The van der Waals surface area contributed by atoms with Gasteiger partial charge in [0.2, 0.25) is 5.95 Å².